The van der Waals surface area contributed by atoms with Gasteiger partial charge in [-0.15, -0.1) is 0 Å². The molecule has 4 heteroatoms. The molecule has 0 aromatic heterocycles. The highest BCUT2D eigenvalue weighted by molar-refractivity contribution is 5.46. The first kappa shape index (κ1) is 12.6. The summed E-state index contributed by atoms with van der Waals surface area (Å²) in [6.45, 7) is 4.55. The van der Waals surface area contributed by atoms with Crippen molar-refractivity contribution >= 4 is 5.69 Å². The van der Waals surface area contributed by atoms with Crippen molar-refractivity contribution in [1.82, 2.24) is 4.90 Å². The van der Waals surface area contributed by atoms with Crippen molar-refractivity contribution in [3.63, 3.8) is 0 Å². The molecule has 4 nitrogen and oxygen atoms in total. The van der Waals surface area contributed by atoms with Crippen LogP contribution < -0.4 is 0 Å². The van der Waals surface area contributed by atoms with E-state index in [9.17, 15) is 10.1 Å². The van der Waals surface area contributed by atoms with Crippen molar-refractivity contribution in [2.75, 3.05) is 13.1 Å². The number of nitro groups is 1. The van der Waals surface area contributed by atoms with E-state index in [0.29, 0.717) is 12.0 Å². The van der Waals surface area contributed by atoms with Crippen LogP contribution in [-0.4, -0.2) is 29.0 Å². The molecule has 0 radical (unpaired) electrons. The largest absolute Gasteiger partial charge is 0.299 e. The minimum absolute atomic E-state index is 0.236. The van der Waals surface area contributed by atoms with Gasteiger partial charge in [0, 0.05) is 24.1 Å². The molecule has 2 aliphatic rings. The fraction of sp³-hybridized carbons (Fsp3) is 0.600. The normalized spacial score (nSPS) is 25.9. The lowest BCUT2D eigenvalue weighted by molar-refractivity contribution is -0.384. The summed E-state index contributed by atoms with van der Waals surface area (Å²) >= 11 is 0. The van der Waals surface area contributed by atoms with Crippen molar-refractivity contribution in [2.24, 2.45) is 0 Å². The van der Waals surface area contributed by atoms with Gasteiger partial charge in [0.1, 0.15) is 0 Å². The monoisotopic (exact) mass is 260 g/mol. The smallest absolute Gasteiger partial charge is 0.269 e. The minimum atomic E-state index is -0.286. The Labute approximate surface area is 113 Å². The van der Waals surface area contributed by atoms with Crippen LogP contribution in [-0.2, 0) is 6.42 Å². The Morgan fingerprint density at radius 2 is 2.32 bits per heavy atom. The quantitative estimate of drug-likeness (QED) is 0.619. The van der Waals surface area contributed by atoms with E-state index in [4.69, 9.17) is 0 Å². The molecular weight excluding hydrogens is 240 g/mol. The molecular formula is C15H20N2O2. The fourth-order valence-electron chi connectivity index (χ4n) is 3.80. The molecule has 1 aromatic carbocycles. The maximum atomic E-state index is 10.9. The summed E-state index contributed by atoms with van der Waals surface area (Å²) in [5, 5.41) is 10.9. The molecule has 0 spiro atoms. The predicted octanol–water partition coefficient (Wildman–Crippen LogP) is 3.11. The van der Waals surface area contributed by atoms with E-state index in [1.165, 1.54) is 36.9 Å². The average molecular weight is 260 g/mol. The van der Waals surface area contributed by atoms with Gasteiger partial charge in [-0.3, -0.25) is 15.0 Å². The van der Waals surface area contributed by atoms with Gasteiger partial charge in [0.15, 0.2) is 0 Å². The second kappa shape index (κ2) is 4.93. The standard InChI is InChI=1S/C15H20N2O2/c1-2-7-16-8-3-4-14-13-6-5-12(17(18)19)9-11(13)10-15(14)16/h5-6,9,14-15H,2-4,7-8,10H2,1H3. The number of non-ortho nitro benzene ring substituents is 1. The first-order chi connectivity index (χ1) is 9.20. The van der Waals surface area contributed by atoms with Crippen LogP contribution in [0.4, 0.5) is 5.69 Å². The Balaban J connectivity index is 1.90. The molecule has 3 rings (SSSR count). The number of rotatable bonds is 3. The van der Waals surface area contributed by atoms with Crippen molar-refractivity contribution < 1.29 is 4.92 Å². The van der Waals surface area contributed by atoms with Crippen molar-refractivity contribution in [1.29, 1.82) is 0 Å². The van der Waals surface area contributed by atoms with E-state index in [0.717, 1.165) is 13.0 Å². The van der Waals surface area contributed by atoms with Crippen LogP contribution in [0.15, 0.2) is 18.2 Å². The zero-order chi connectivity index (χ0) is 13.4. The Morgan fingerprint density at radius 3 is 3.05 bits per heavy atom. The van der Waals surface area contributed by atoms with Crippen LogP contribution in [0.25, 0.3) is 0 Å². The van der Waals surface area contributed by atoms with E-state index in [1.54, 1.807) is 12.1 Å². The van der Waals surface area contributed by atoms with E-state index in [2.05, 4.69) is 11.8 Å². The summed E-state index contributed by atoms with van der Waals surface area (Å²) in [5.41, 5.74) is 2.79. The summed E-state index contributed by atoms with van der Waals surface area (Å²) < 4.78 is 0. The summed E-state index contributed by atoms with van der Waals surface area (Å²) in [7, 11) is 0. The van der Waals surface area contributed by atoms with Gasteiger partial charge in [-0.25, -0.2) is 0 Å². The van der Waals surface area contributed by atoms with Gasteiger partial charge in [0.2, 0.25) is 0 Å². The lowest BCUT2D eigenvalue weighted by Crippen LogP contribution is -2.42. The molecule has 19 heavy (non-hydrogen) atoms. The average Bonchev–Trinajstić information content (AvgIpc) is 2.78. The van der Waals surface area contributed by atoms with Crippen LogP contribution in [0.5, 0.6) is 0 Å². The first-order valence-electron chi connectivity index (χ1n) is 7.22. The molecule has 0 bridgehead atoms. The van der Waals surface area contributed by atoms with Crippen molar-refractivity contribution in [2.45, 2.75) is 44.6 Å². The summed E-state index contributed by atoms with van der Waals surface area (Å²) in [6, 6.07) is 6.02. The number of nitro benzene ring substituents is 1. The highest BCUT2D eigenvalue weighted by Crippen LogP contribution is 2.43. The number of hydrogen-bond donors (Lipinski definition) is 0. The van der Waals surface area contributed by atoms with Crippen molar-refractivity contribution in [3.05, 3.63) is 39.4 Å². The maximum Gasteiger partial charge on any atom is 0.269 e. The zero-order valence-corrected chi connectivity index (χ0v) is 11.3. The molecule has 1 aromatic rings. The summed E-state index contributed by atoms with van der Waals surface area (Å²) in [6.07, 6.45) is 4.65. The van der Waals surface area contributed by atoms with Gasteiger partial charge in [-0.2, -0.15) is 0 Å². The number of nitrogens with zero attached hydrogens (tertiary/aromatic N) is 2. The number of fused-ring (bicyclic) bond motifs is 3. The van der Waals surface area contributed by atoms with Crippen LogP contribution in [0.1, 0.15) is 43.2 Å². The summed E-state index contributed by atoms with van der Waals surface area (Å²) in [4.78, 5) is 13.2. The van der Waals surface area contributed by atoms with Gasteiger partial charge in [-0.1, -0.05) is 13.0 Å². The Morgan fingerprint density at radius 1 is 1.47 bits per heavy atom. The van der Waals surface area contributed by atoms with Gasteiger partial charge >= 0.3 is 0 Å². The highest BCUT2D eigenvalue weighted by Gasteiger charge is 2.38. The fourth-order valence-corrected chi connectivity index (χ4v) is 3.80. The van der Waals surface area contributed by atoms with Crippen LogP contribution in [0.2, 0.25) is 0 Å². The third kappa shape index (κ3) is 2.14. The number of hydrogen-bond acceptors (Lipinski definition) is 3. The number of likely N-dealkylation sites (tertiary alicyclic amines) is 1. The highest BCUT2D eigenvalue weighted by atomic mass is 16.6. The van der Waals surface area contributed by atoms with Gasteiger partial charge in [0.05, 0.1) is 4.92 Å². The molecule has 0 saturated carbocycles. The second-order valence-corrected chi connectivity index (χ2v) is 5.70. The second-order valence-electron chi connectivity index (χ2n) is 5.70. The molecule has 1 heterocycles. The number of benzene rings is 1. The molecule has 1 aliphatic heterocycles. The third-order valence-electron chi connectivity index (χ3n) is 4.57. The SMILES string of the molecule is CCCN1CCCC2c3ccc([N+](=O)[O-])cc3CC21. The molecule has 1 fully saturated rings. The zero-order valence-electron chi connectivity index (χ0n) is 11.3. The van der Waals surface area contributed by atoms with Crippen LogP contribution >= 0.6 is 0 Å². The van der Waals surface area contributed by atoms with E-state index in [-0.39, 0.29) is 10.6 Å². The third-order valence-corrected chi connectivity index (χ3v) is 4.57. The van der Waals surface area contributed by atoms with E-state index in [1.807, 2.05) is 6.07 Å². The number of piperidine rings is 1. The molecule has 2 unspecified atom stereocenters. The van der Waals surface area contributed by atoms with Crippen LogP contribution in [0.3, 0.4) is 0 Å². The minimum Gasteiger partial charge on any atom is -0.299 e. The molecule has 0 amide bonds. The van der Waals surface area contributed by atoms with Crippen molar-refractivity contribution in [3.8, 4) is 0 Å². The molecule has 2 atom stereocenters. The van der Waals surface area contributed by atoms with E-state index < -0.39 is 0 Å². The first-order valence-corrected chi connectivity index (χ1v) is 7.22. The van der Waals surface area contributed by atoms with Gasteiger partial charge in [-0.05, 0) is 49.9 Å². The maximum absolute atomic E-state index is 10.9. The lowest BCUT2D eigenvalue weighted by Gasteiger charge is -2.37. The van der Waals surface area contributed by atoms with E-state index >= 15 is 0 Å². The van der Waals surface area contributed by atoms with Gasteiger partial charge in [0.25, 0.3) is 5.69 Å². The Hall–Kier alpha value is -1.42. The molecule has 0 N–H and O–H groups in total. The molecule has 102 valence electrons. The lowest BCUT2D eigenvalue weighted by atomic mass is 9.88. The summed E-state index contributed by atoms with van der Waals surface area (Å²) in [5.74, 6) is 0.594. The predicted molar refractivity (Wildman–Crippen MR) is 74.4 cm³/mol. The molecule has 1 aliphatic carbocycles. The Bertz CT molecular complexity index is 499. The van der Waals surface area contributed by atoms with Gasteiger partial charge < -0.3 is 0 Å². The topological polar surface area (TPSA) is 46.4 Å². The molecule has 1 saturated heterocycles. The Kier molecular flexibility index (Phi) is 3.27. The van der Waals surface area contributed by atoms with Crippen LogP contribution in [0, 0.1) is 10.1 Å².